The second-order valence-corrected chi connectivity index (χ2v) is 4.49. The smallest absolute Gasteiger partial charge is 0.320 e. The fourth-order valence-corrected chi connectivity index (χ4v) is 2.45. The van der Waals surface area contributed by atoms with Gasteiger partial charge in [-0.2, -0.15) is 0 Å². The van der Waals surface area contributed by atoms with Crippen LogP contribution in [0.5, 0.6) is 0 Å². The molecule has 0 saturated heterocycles. The predicted octanol–water partition coefficient (Wildman–Crippen LogP) is 2.00. The molecule has 0 aromatic carbocycles. The van der Waals surface area contributed by atoms with Crippen LogP contribution in [0.1, 0.15) is 45.4 Å². The Kier molecular flexibility index (Phi) is 4.39. The quantitative estimate of drug-likeness (QED) is 0.728. The number of aliphatic carboxylic acids is 1. The molecule has 0 aromatic rings. The van der Waals surface area contributed by atoms with Crippen LogP contribution < -0.4 is 5.73 Å². The van der Waals surface area contributed by atoms with Gasteiger partial charge in [-0.3, -0.25) is 4.79 Å². The van der Waals surface area contributed by atoms with Gasteiger partial charge in [0.2, 0.25) is 0 Å². The van der Waals surface area contributed by atoms with Crippen molar-refractivity contribution < 1.29 is 9.90 Å². The highest BCUT2D eigenvalue weighted by atomic mass is 16.4. The maximum Gasteiger partial charge on any atom is 0.320 e. The molecule has 1 rings (SSSR count). The van der Waals surface area contributed by atoms with Gasteiger partial charge in [-0.15, -0.1) is 0 Å². The number of nitrogens with two attached hydrogens (primary N) is 1. The zero-order chi connectivity index (χ0) is 10.6. The summed E-state index contributed by atoms with van der Waals surface area (Å²) in [4.78, 5) is 10.6. The van der Waals surface area contributed by atoms with Crippen molar-refractivity contribution in [2.24, 2.45) is 17.6 Å². The Hall–Kier alpha value is -0.570. The first-order valence-corrected chi connectivity index (χ1v) is 5.61. The summed E-state index contributed by atoms with van der Waals surface area (Å²) in [6, 6.07) is -0.657. The van der Waals surface area contributed by atoms with Crippen molar-refractivity contribution in [3.8, 4) is 0 Å². The molecule has 3 N–H and O–H groups in total. The van der Waals surface area contributed by atoms with Gasteiger partial charge in [0.1, 0.15) is 6.04 Å². The van der Waals surface area contributed by atoms with Gasteiger partial charge in [0.25, 0.3) is 0 Å². The van der Waals surface area contributed by atoms with Crippen LogP contribution in [-0.2, 0) is 4.79 Å². The topological polar surface area (TPSA) is 63.3 Å². The third kappa shape index (κ3) is 3.29. The van der Waals surface area contributed by atoms with Crippen LogP contribution in [0.4, 0.5) is 0 Å². The summed E-state index contributed by atoms with van der Waals surface area (Å²) < 4.78 is 0. The van der Waals surface area contributed by atoms with E-state index in [-0.39, 0.29) is 0 Å². The summed E-state index contributed by atoms with van der Waals surface area (Å²) in [6.07, 6.45) is 6.78. The third-order valence-electron chi connectivity index (χ3n) is 3.37. The highest BCUT2D eigenvalue weighted by Crippen LogP contribution is 2.33. The van der Waals surface area contributed by atoms with Crippen molar-refractivity contribution in [1.82, 2.24) is 0 Å². The maximum absolute atomic E-state index is 10.6. The fraction of sp³-hybridized carbons (Fsp3) is 0.909. The van der Waals surface area contributed by atoms with Gasteiger partial charge in [0, 0.05) is 0 Å². The Labute approximate surface area is 85.7 Å². The van der Waals surface area contributed by atoms with Crippen molar-refractivity contribution in [1.29, 1.82) is 0 Å². The third-order valence-corrected chi connectivity index (χ3v) is 3.37. The molecule has 1 aliphatic carbocycles. The van der Waals surface area contributed by atoms with E-state index < -0.39 is 12.0 Å². The van der Waals surface area contributed by atoms with Gasteiger partial charge in [-0.1, -0.05) is 32.6 Å². The largest absolute Gasteiger partial charge is 0.480 e. The molecule has 82 valence electrons. The van der Waals surface area contributed by atoms with Crippen molar-refractivity contribution in [2.75, 3.05) is 0 Å². The minimum absolute atomic E-state index is 0.541. The zero-order valence-electron chi connectivity index (χ0n) is 8.91. The SMILES string of the molecule is CCC1CCCC(C[C@H](N)C(=O)O)C1. The van der Waals surface area contributed by atoms with Crippen LogP contribution in [0.2, 0.25) is 0 Å². The molecule has 0 amide bonds. The van der Waals surface area contributed by atoms with Crippen LogP contribution in [0.25, 0.3) is 0 Å². The molecule has 0 spiro atoms. The Morgan fingerprint density at radius 2 is 2.14 bits per heavy atom. The number of carbonyl (C=O) groups is 1. The highest BCUT2D eigenvalue weighted by Gasteiger charge is 2.24. The molecule has 0 bridgehead atoms. The second kappa shape index (κ2) is 5.35. The lowest BCUT2D eigenvalue weighted by Gasteiger charge is -2.29. The lowest BCUT2D eigenvalue weighted by atomic mass is 9.78. The molecular weight excluding hydrogens is 178 g/mol. The van der Waals surface area contributed by atoms with Gasteiger partial charge in [-0.25, -0.2) is 0 Å². The average Bonchev–Trinajstić information content (AvgIpc) is 2.18. The Bertz CT molecular complexity index is 194. The molecule has 0 aromatic heterocycles. The summed E-state index contributed by atoms with van der Waals surface area (Å²) >= 11 is 0. The lowest BCUT2D eigenvalue weighted by Crippen LogP contribution is -2.33. The number of rotatable bonds is 4. The summed E-state index contributed by atoms with van der Waals surface area (Å²) in [7, 11) is 0. The number of hydrogen-bond acceptors (Lipinski definition) is 2. The van der Waals surface area contributed by atoms with Gasteiger partial charge < -0.3 is 10.8 Å². The van der Waals surface area contributed by atoms with Crippen LogP contribution >= 0.6 is 0 Å². The molecule has 14 heavy (non-hydrogen) atoms. The van der Waals surface area contributed by atoms with E-state index >= 15 is 0 Å². The second-order valence-electron chi connectivity index (χ2n) is 4.49. The first-order valence-electron chi connectivity index (χ1n) is 5.61. The molecule has 0 heterocycles. The molecule has 3 atom stereocenters. The van der Waals surface area contributed by atoms with Gasteiger partial charge in [-0.05, 0) is 24.7 Å². The summed E-state index contributed by atoms with van der Waals surface area (Å²) in [5.74, 6) is 0.484. The molecule has 3 nitrogen and oxygen atoms in total. The van der Waals surface area contributed by atoms with Crippen LogP contribution in [0, 0.1) is 11.8 Å². The molecule has 0 aliphatic heterocycles. The molecule has 3 heteroatoms. The van der Waals surface area contributed by atoms with E-state index in [1.807, 2.05) is 0 Å². The van der Waals surface area contributed by atoms with Crippen LogP contribution in [0.3, 0.4) is 0 Å². The van der Waals surface area contributed by atoms with E-state index in [2.05, 4.69) is 6.92 Å². The normalized spacial score (nSPS) is 29.9. The predicted molar refractivity (Wildman–Crippen MR) is 56.0 cm³/mol. The zero-order valence-corrected chi connectivity index (χ0v) is 8.91. The summed E-state index contributed by atoms with van der Waals surface area (Å²) in [5, 5.41) is 8.71. The number of carboxylic acids is 1. The van der Waals surface area contributed by atoms with Gasteiger partial charge in [0.15, 0.2) is 0 Å². The van der Waals surface area contributed by atoms with Gasteiger partial charge >= 0.3 is 5.97 Å². The van der Waals surface area contributed by atoms with E-state index in [9.17, 15) is 4.79 Å². The number of hydrogen-bond donors (Lipinski definition) is 2. The van der Waals surface area contributed by atoms with Crippen molar-refractivity contribution >= 4 is 5.97 Å². The lowest BCUT2D eigenvalue weighted by molar-refractivity contribution is -0.139. The molecule has 2 unspecified atom stereocenters. The van der Waals surface area contributed by atoms with Crippen LogP contribution in [-0.4, -0.2) is 17.1 Å². The van der Waals surface area contributed by atoms with E-state index in [4.69, 9.17) is 10.8 Å². The monoisotopic (exact) mass is 199 g/mol. The van der Waals surface area contributed by atoms with E-state index in [1.54, 1.807) is 0 Å². The van der Waals surface area contributed by atoms with Crippen molar-refractivity contribution in [3.63, 3.8) is 0 Å². The minimum atomic E-state index is -0.858. The average molecular weight is 199 g/mol. The first kappa shape index (κ1) is 11.5. The summed E-state index contributed by atoms with van der Waals surface area (Å²) in [5.41, 5.74) is 5.53. The Morgan fingerprint density at radius 3 is 2.71 bits per heavy atom. The van der Waals surface area contributed by atoms with Gasteiger partial charge in [0.05, 0.1) is 0 Å². The highest BCUT2D eigenvalue weighted by molar-refractivity contribution is 5.73. The minimum Gasteiger partial charge on any atom is -0.480 e. The molecule has 1 saturated carbocycles. The van der Waals surface area contributed by atoms with Crippen molar-refractivity contribution in [3.05, 3.63) is 0 Å². The Morgan fingerprint density at radius 1 is 1.50 bits per heavy atom. The first-order chi connectivity index (χ1) is 6.63. The van der Waals surface area contributed by atoms with Crippen molar-refractivity contribution in [2.45, 2.75) is 51.5 Å². The molecule has 0 radical (unpaired) electrons. The van der Waals surface area contributed by atoms with Crippen LogP contribution in [0.15, 0.2) is 0 Å². The Balaban J connectivity index is 2.33. The molecule has 1 fully saturated rings. The van der Waals surface area contributed by atoms with E-state index in [1.165, 1.54) is 25.7 Å². The standard InChI is InChI=1S/C11H21NO2/c1-2-8-4-3-5-9(6-8)7-10(12)11(13)14/h8-10H,2-7,12H2,1H3,(H,13,14)/t8?,9?,10-/m0/s1. The fourth-order valence-electron chi connectivity index (χ4n) is 2.45. The molecular formula is C11H21NO2. The summed E-state index contributed by atoms with van der Waals surface area (Å²) in [6.45, 7) is 2.21. The van der Waals surface area contributed by atoms with E-state index in [0.29, 0.717) is 12.3 Å². The molecule has 1 aliphatic rings. The number of carboxylic acid groups (broad SMARTS) is 1. The maximum atomic E-state index is 10.6. The van der Waals surface area contributed by atoms with E-state index in [0.717, 1.165) is 12.3 Å².